The number of cyclic esters (lactones) is 1. The number of hydrogen-bond donors (Lipinski definition) is 1. The minimum absolute atomic E-state index is 0.194. The van der Waals surface area contributed by atoms with Crippen LogP contribution in [0.15, 0.2) is 36.9 Å². The second-order valence-electron chi connectivity index (χ2n) is 5.59. The Morgan fingerprint density at radius 2 is 2.15 bits per heavy atom. The lowest BCUT2D eigenvalue weighted by molar-refractivity contribution is -0.119. The summed E-state index contributed by atoms with van der Waals surface area (Å²) in [5.74, 6) is 4.72. The van der Waals surface area contributed by atoms with Crippen molar-refractivity contribution in [2.24, 2.45) is 0 Å². The molecule has 1 fully saturated rings. The van der Waals surface area contributed by atoms with Crippen LogP contribution in [0.2, 0.25) is 0 Å². The summed E-state index contributed by atoms with van der Waals surface area (Å²) >= 11 is 0. The fraction of sp³-hybridized carbons (Fsp3) is 0.222. The van der Waals surface area contributed by atoms with Gasteiger partial charge in [0.05, 0.1) is 29.9 Å². The number of carbonyl (C=O) groups excluding carboxylic acids is 2. The zero-order valence-electron chi connectivity index (χ0n) is 13.9. The summed E-state index contributed by atoms with van der Waals surface area (Å²) in [6, 6.07) is 4.32. The van der Waals surface area contributed by atoms with Crippen LogP contribution < -0.4 is 10.2 Å². The van der Waals surface area contributed by atoms with Gasteiger partial charge in [0.1, 0.15) is 18.2 Å². The summed E-state index contributed by atoms with van der Waals surface area (Å²) in [5.41, 5.74) is 1.13. The van der Waals surface area contributed by atoms with Gasteiger partial charge in [0, 0.05) is 19.3 Å². The van der Waals surface area contributed by atoms with E-state index in [4.69, 9.17) is 4.74 Å². The second kappa shape index (κ2) is 7.61. The third kappa shape index (κ3) is 4.13. The number of rotatable bonds is 3. The van der Waals surface area contributed by atoms with Gasteiger partial charge in [0.25, 0.3) is 0 Å². The third-order valence-electron chi connectivity index (χ3n) is 3.62. The molecule has 8 heteroatoms. The number of benzene rings is 1. The molecule has 0 spiro atoms. The number of amides is 2. The average molecular weight is 354 g/mol. The summed E-state index contributed by atoms with van der Waals surface area (Å²) in [6.07, 6.45) is 3.38. The van der Waals surface area contributed by atoms with Gasteiger partial charge in [0.2, 0.25) is 5.91 Å². The SMILES string of the molecule is CC(=O)NC[C@H]1CN(c2ccc(C#Cc3cncnc3)c(F)c2)C(=O)O1. The van der Waals surface area contributed by atoms with Crippen molar-refractivity contribution in [3.8, 4) is 11.8 Å². The Balaban J connectivity index is 1.72. The third-order valence-corrected chi connectivity index (χ3v) is 3.62. The van der Waals surface area contributed by atoms with Gasteiger partial charge < -0.3 is 10.1 Å². The molecular formula is C18H15FN4O3. The fourth-order valence-corrected chi connectivity index (χ4v) is 2.37. The molecule has 0 bridgehead atoms. The predicted molar refractivity (Wildman–Crippen MR) is 90.7 cm³/mol. The van der Waals surface area contributed by atoms with Crippen LogP contribution in [0.5, 0.6) is 0 Å². The first kappa shape index (κ1) is 17.4. The van der Waals surface area contributed by atoms with Crippen LogP contribution in [0.4, 0.5) is 14.9 Å². The molecule has 1 aliphatic heterocycles. The summed E-state index contributed by atoms with van der Waals surface area (Å²) in [5, 5.41) is 2.59. The maximum atomic E-state index is 14.3. The molecule has 2 heterocycles. The molecule has 2 amide bonds. The number of nitrogens with one attached hydrogen (secondary N) is 1. The molecule has 1 atom stereocenters. The van der Waals surface area contributed by atoms with Gasteiger partial charge in [-0.2, -0.15) is 0 Å². The van der Waals surface area contributed by atoms with Crippen molar-refractivity contribution < 1.29 is 18.7 Å². The molecule has 0 aliphatic carbocycles. The van der Waals surface area contributed by atoms with Crippen LogP contribution in [-0.4, -0.2) is 41.2 Å². The summed E-state index contributed by atoms with van der Waals surface area (Å²) < 4.78 is 19.5. The van der Waals surface area contributed by atoms with Crippen LogP contribution in [0, 0.1) is 17.7 Å². The fourth-order valence-electron chi connectivity index (χ4n) is 2.37. The molecule has 0 radical (unpaired) electrons. The van der Waals surface area contributed by atoms with Crippen LogP contribution in [-0.2, 0) is 9.53 Å². The number of nitrogens with zero attached hydrogens (tertiary/aromatic N) is 3. The van der Waals surface area contributed by atoms with Gasteiger partial charge in [-0.25, -0.2) is 19.2 Å². The van der Waals surface area contributed by atoms with E-state index in [1.165, 1.54) is 42.7 Å². The van der Waals surface area contributed by atoms with Crippen molar-refractivity contribution in [2.45, 2.75) is 13.0 Å². The summed E-state index contributed by atoms with van der Waals surface area (Å²) in [7, 11) is 0. The van der Waals surface area contributed by atoms with E-state index in [1.54, 1.807) is 6.07 Å². The first-order chi connectivity index (χ1) is 12.5. The molecule has 3 rings (SSSR count). The minimum atomic E-state index is -0.583. The van der Waals surface area contributed by atoms with Gasteiger partial charge in [-0.05, 0) is 18.2 Å². The Bertz CT molecular complexity index is 892. The Hall–Kier alpha value is -3.47. The molecule has 0 unspecified atom stereocenters. The summed E-state index contributed by atoms with van der Waals surface area (Å²) in [6.45, 7) is 1.82. The Morgan fingerprint density at radius 3 is 2.85 bits per heavy atom. The average Bonchev–Trinajstić information content (AvgIpc) is 3.00. The number of halogens is 1. The molecule has 2 aromatic rings. The van der Waals surface area contributed by atoms with E-state index in [1.807, 2.05) is 0 Å². The molecular weight excluding hydrogens is 339 g/mol. The smallest absolute Gasteiger partial charge is 0.414 e. The second-order valence-corrected chi connectivity index (χ2v) is 5.59. The van der Waals surface area contributed by atoms with Crippen molar-refractivity contribution in [2.75, 3.05) is 18.0 Å². The lowest BCUT2D eigenvalue weighted by Gasteiger charge is -2.13. The highest BCUT2D eigenvalue weighted by Crippen LogP contribution is 2.23. The van der Waals surface area contributed by atoms with E-state index in [9.17, 15) is 14.0 Å². The van der Waals surface area contributed by atoms with Crippen molar-refractivity contribution in [3.05, 3.63) is 53.9 Å². The lowest BCUT2D eigenvalue weighted by Crippen LogP contribution is -2.33. The largest absolute Gasteiger partial charge is 0.442 e. The van der Waals surface area contributed by atoms with Crippen LogP contribution >= 0.6 is 0 Å². The molecule has 0 saturated carbocycles. The van der Waals surface area contributed by atoms with E-state index in [2.05, 4.69) is 27.1 Å². The van der Waals surface area contributed by atoms with Crippen molar-refractivity contribution in [3.63, 3.8) is 0 Å². The first-order valence-electron chi connectivity index (χ1n) is 7.82. The van der Waals surface area contributed by atoms with Crippen LogP contribution in [0.1, 0.15) is 18.1 Å². The minimum Gasteiger partial charge on any atom is -0.442 e. The summed E-state index contributed by atoms with van der Waals surface area (Å²) in [4.78, 5) is 31.9. The number of carbonyl (C=O) groups is 2. The number of hydrogen-bond acceptors (Lipinski definition) is 5. The van der Waals surface area contributed by atoms with E-state index in [0.29, 0.717) is 11.3 Å². The van der Waals surface area contributed by atoms with Crippen molar-refractivity contribution in [1.29, 1.82) is 0 Å². The monoisotopic (exact) mass is 354 g/mol. The van der Waals surface area contributed by atoms with E-state index in [0.717, 1.165) is 0 Å². The molecule has 7 nitrogen and oxygen atoms in total. The Kier molecular flexibility index (Phi) is 5.08. The van der Waals surface area contributed by atoms with Gasteiger partial charge >= 0.3 is 6.09 Å². The predicted octanol–water partition coefficient (Wildman–Crippen LogP) is 1.48. The molecule has 26 heavy (non-hydrogen) atoms. The van der Waals surface area contributed by atoms with Crippen LogP contribution in [0.3, 0.4) is 0 Å². The molecule has 1 saturated heterocycles. The van der Waals surface area contributed by atoms with Crippen LogP contribution in [0.25, 0.3) is 0 Å². The van der Waals surface area contributed by atoms with E-state index < -0.39 is 18.0 Å². The number of ether oxygens (including phenoxy) is 1. The maximum Gasteiger partial charge on any atom is 0.414 e. The highest BCUT2D eigenvalue weighted by molar-refractivity contribution is 5.90. The van der Waals surface area contributed by atoms with Gasteiger partial charge in [-0.1, -0.05) is 11.8 Å². The topological polar surface area (TPSA) is 84.4 Å². The highest BCUT2D eigenvalue weighted by atomic mass is 19.1. The van der Waals surface area contributed by atoms with Gasteiger partial charge in [-0.3, -0.25) is 9.69 Å². The standard InChI is InChI=1S/C18H15FN4O3/c1-12(24)22-9-16-10-23(18(25)26-16)15-5-4-14(17(19)6-15)3-2-13-7-20-11-21-8-13/h4-8,11,16H,9-10H2,1H3,(H,22,24)/t16-/m0/s1. The quantitative estimate of drug-likeness (QED) is 0.844. The maximum absolute atomic E-state index is 14.3. The molecule has 132 valence electrons. The van der Waals surface area contributed by atoms with Crippen molar-refractivity contribution in [1.82, 2.24) is 15.3 Å². The molecule has 1 aliphatic rings. The normalized spacial score (nSPS) is 15.8. The molecule has 1 aromatic carbocycles. The van der Waals surface area contributed by atoms with E-state index in [-0.39, 0.29) is 24.6 Å². The highest BCUT2D eigenvalue weighted by Gasteiger charge is 2.32. The zero-order chi connectivity index (χ0) is 18.5. The number of aromatic nitrogens is 2. The van der Waals surface area contributed by atoms with Gasteiger partial charge in [-0.15, -0.1) is 0 Å². The Morgan fingerprint density at radius 1 is 1.38 bits per heavy atom. The van der Waals surface area contributed by atoms with E-state index >= 15 is 0 Å². The lowest BCUT2D eigenvalue weighted by atomic mass is 10.1. The Labute approximate surface area is 149 Å². The zero-order valence-corrected chi connectivity index (χ0v) is 13.9. The van der Waals surface area contributed by atoms with Crippen molar-refractivity contribution >= 4 is 17.7 Å². The number of anilines is 1. The van der Waals surface area contributed by atoms with Gasteiger partial charge in [0.15, 0.2) is 0 Å². The first-order valence-corrected chi connectivity index (χ1v) is 7.82. The molecule has 1 aromatic heterocycles. The molecule has 1 N–H and O–H groups in total.